The third-order valence-corrected chi connectivity index (χ3v) is 5.03. The van der Waals surface area contributed by atoms with Crippen LogP contribution in [-0.2, 0) is 6.42 Å². The van der Waals surface area contributed by atoms with Crippen molar-refractivity contribution in [3.05, 3.63) is 64.1 Å². The summed E-state index contributed by atoms with van der Waals surface area (Å²) in [4.78, 5) is 1.30. The lowest BCUT2D eigenvalue weighted by Crippen LogP contribution is -2.22. The third-order valence-electron chi connectivity index (χ3n) is 3.45. The summed E-state index contributed by atoms with van der Waals surface area (Å²) < 4.78 is 1.14. The number of thioether (sulfide) groups is 1. The topological polar surface area (TPSA) is 12.0 Å². The Morgan fingerprint density at radius 1 is 1.10 bits per heavy atom. The lowest BCUT2D eigenvalue weighted by Gasteiger charge is -2.18. The summed E-state index contributed by atoms with van der Waals surface area (Å²) in [6.45, 7) is 5.34. The Labute approximate surface area is 140 Å². The number of nitrogens with one attached hydrogen (secondary N) is 1. The molecule has 112 valence electrons. The average Bonchev–Trinajstić information content (AvgIpc) is 2.52. The fraction of sp³-hybridized carbons (Fsp3) is 0.333. The standard InChI is InChI=1S/C18H22BrNS/c1-3-14-8-10-15(11-9-14)18(20-4-2)13-21-17-7-5-6-16(19)12-17/h5-12,18,20H,3-4,13H2,1-2H3. The van der Waals surface area contributed by atoms with Crippen LogP contribution in [0.5, 0.6) is 0 Å². The van der Waals surface area contributed by atoms with E-state index < -0.39 is 0 Å². The first-order valence-electron chi connectivity index (χ1n) is 7.43. The van der Waals surface area contributed by atoms with Crippen molar-refractivity contribution >= 4 is 27.7 Å². The highest BCUT2D eigenvalue weighted by Crippen LogP contribution is 2.27. The molecule has 0 fully saturated rings. The van der Waals surface area contributed by atoms with E-state index in [4.69, 9.17) is 0 Å². The second-order valence-electron chi connectivity index (χ2n) is 4.97. The zero-order valence-corrected chi connectivity index (χ0v) is 15.0. The van der Waals surface area contributed by atoms with Crippen LogP contribution in [0, 0.1) is 0 Å². The van der Waals surface area contributed by atoms with Crippen molar-refractivity contribution in [1.82, 2.24) is 5.32 Å². The van der Waals surface area contributed by atoms with Crippen LogP contribution in [0.3, 0.4) is 0 Å². The maximum absolute atomic E-state index is 3.59. The minimum absolute atomic E-state index is 0.393. The van der Waals surface area contributed by atoms with Gasteiger partial charge in [-0.3, -0.25) is 0 Å². The number of hydrogen-bond donors (Lipinski definition) is 1. The first-order chi connectivity index (χ1) is 10.2. The molecule has 1 nitrogen and oxygen atoms in total. The maximum Gasteiger partial charge on any atom is 0.0415 e. The van der Waals surface area contributed by atoms with Gasteiger partial charge >= 0.3 is 0 Å². The second-order valence-corrected chi connectivity index (χ2v) is 6.98. The molecule has 2 rings (SSSR count). The van der Waals surface area contributed by atoms with Gasteiger partial charge in [0.1, 0.15) is 0 Å². The lowest BCUT2D eigenvalue weighted by atomic mass is 10.1. The molecule has 0 aromatic heterocycles. The van der Waals surface area contributed by atoms with E-state index in [9.17, 15) is 0 Å². The van der Waals surface area contributed by atoms with Gasteiger partial charge in [0, 0.05) is 21.2 Å². The minimum Gasteiger partial charge on any atom is -0.309 e. The van der Waals surface area contributed by atoms with Gasteiger partial charge in [-0.15, -0.1) is 11.8 Å². The Morgan fingerprint density at radius 3 is 2.48 bits per heavy atom. The predicted molar refractivity (Wildman–Crippen MR) is 97.1 cm³/mol. The molecule has 3 heteroatoms. The van der Waals surface area contributed by atoms with Gasteiger partial charge in [0.05, 0.1) is 0 Å². The summed E-state index contributed by atoms with van der Waals surface area (Å²) in [6.07, 6.45) is 1.10. The number of benzene rings is 2. The summed E-state index contributed by atoms with van der Waals surface area (Å²) in [6, 6.07) is 17.9. The van der Waals surface area contributed by atoms with Crippen molar-refractivity contribution in [2.75, 3.05) is 12.3 Å². The van der Waals surface area contributed by atoms with Crippen molar-refractivity contribution in [3.63, 3.8) is 0 Å². The largest absolute Gasteiger partial charge is 0.309 e. The first kappa shape index (κ1) is 16.6. The van der Waals surface area contributed by atoms with Crippen molar-refractivity contribution in [2.45, 2.75) is 31.2 Å². The first-order valence-corrected chi connectivity index (χ1v) is 9.21. The van der Waals surface area contributed by atoms with Crippen molar-refractivity contribution in [1.29, 1.82) is 0 Å². The number of halogens is 1. The molecule has 0 radical (unpaired) electrons. The van der Waals surface area contributed by atoms with E-state index in [2.05, 4.69) is 83.6 Å². The quantitative estimate of drug-likeness (QED) is 0.655. The van der Waals surface area contributed by atoms with Gasteiger partial charge < -0.3 is 5.32 Å². The normalized spacial score (nSPS) is 12.3. The van der Waals surface area contributed by atoms with Gasteiger partial charge in [0.2, 0.25) is 0 Å². The van der Waals surface area contributed by atoms with E-state index in [0.717, 1.165) is 23.2 Å². The van der Waals surface area contributed by atoms with Crippen LogP contribution in [0.15, 0.2) is 57.9 Å². The zero-order valence-electron chi connectivity index (χ0n) is 12.6. The molecule has 0 saturated heterocycles. The van der Waals surface area contributed by atoms with Gasteiger partial charge in [-0.05, 0) is 42.3 Å². The second kappa shape index (κ2) is 8.62. The van der Waals surface area contributed by atoms with Gasteiger partial charge in [0.15, 0.2) is 0 Å². The molecule has 0 aliphatic rings. The van der Waals surface area contributed by atoms with Crippen molar-refractivity contribution < 1.29 is 0 Å². The molecular weight excluding hydrogens is 342 g/mol. The monoisotopic (exact) mass is 363 g/mol. The summed E-state index contributed by atoms with van der Waals surface area (Å²) in [5.41, 5.74) is 2.77. The maximum atomic E-state index is 3.59. The molecule has 0 amide bonds. The Morgan fingerprint density at radius 2 is 1.86 bits per heavy atom. The molecular formula is C18H22BrNS. The highest BCUT2D eigenvalue weighted by molar-refractivity contribution is 9.10. The van der Waals surface area contributed by atoms with Crippen LogP contribution in [0.25, 0.3) is 0 Å². The van der Waals surface area contributed by atoms with Crippen LogP contribution < -0.4 is 5.32 Å². The molecule has 0 bridgehead atoms. The summed E-state index contributed by atoms with van der Waals surface area (Å²) in [5, 5.41) is 3.59. The van der Waals surface area contributed by atoms with Gasteiger partial charge in [-0.25, -0.2) is 0 Å². The smallest absolute Gasteiger partial charge is 0.0415 e. The molecule has 21 heavy (non-hydrogen) atoms. The lowest BCUT2D eigenvalue weighted by molar-refractivity contribution is 0.606. The highest BCUT2D eigenvalue weighted by Gasteiger charge is 2.10. The molecule has 0 saturated carbocycles. The number of rotatable bonds is 7. The Balaban J connectivity index is 2.04. The van der Waals surface area contributed by atoms with Gasteiger partial charge in [-0.1, -0.05) is 60.1 Å². The molecule has 0 heterocycles. The van der Waals surface area contributed by atoms with E-state index in [0.29, 0.717) is 6.04 Å². The van der Waals surface area contributed by atoms with Crippen molar-refractivity contribution in [2.24, 2.45) is 0 Å². The van der Waals surface area contributed by atoms with E-state index >= 15 is 0 Å². The zero-order chi connectivity index (χ0) is 15.1. The summed E-state index contributed by atoms with van der Waals surface area (Å²) in [5.74, 6) is 1.04. The van der Waals surface area contributed by atoms with E-state index in [1.807, 2.05) is 11.8 Å². The molecule has 1 atom stereocenters. The van der Waals surface area contributed by atoms with Gasteiger partial charge in [-0.2, -0.15) is 0 Å². The van der Waals surface area contributed by atoms with Crippen molar-refractivity contribution in [3.8, 4) is 0 Å². The fourth-order valence-electron chi connectivity index (χ4n) is 2.24. The summed E-state index contributed by atoms with van der Waals surface area (Å²) in [7, 11) is 0. The Hall–Kier alpha value is -0.770. The Kier molecular flexibility index (Phi) is 6.81. The number of aryl methyl sites for hydroxylation is 1. The third kappa shape index (κ3) is 5.17. The van der Waals surface area contributed by atoms with Crippen LogP contribution in [-0.4, -0.2) is 12.3 Å². The van der Waals surface area contributed by atoms with Crippen LogP contribution in [0.1, 0.15) is 31.0 Å². The minimum atomic E-state index is 0.393. The highest BCUT2D eigenvalue weighted by atomic mass is 79.9. The van der Waals surface area contributed by atoms with Crippen LogP contribution in [0.4, 0.5) is 0 Å². The molecule has 0 aliphatic heterocycles. The van der Waals surface area contributed by atoms with E-state index in [-0.39, 0.29) is 0 Å². The average molecular weight is 364 g/mol. The van der Waals surface area contributed by atoms with E-state index in [1.165, 1.54) is 16.0 Å². The molecule has 1 N–H and O–H groups in total. The fourth-order valence-corrected chi connectivity index (χ4v) is 3.85. The Bertz CT molecular complexity index is 553. The summed E-state index contributed by atoms with van der Waals surface area (Å²) >= 11 is 5.43. The molecule has 2 aromatic rings. The van der Waals surface area contributed by atoms with Crippen LogP contribution in [0.2, 0.25) is 0 Å². The number of hydrogen-bond acceptors (Lipinski definition) is 2. The van der Waals surface area contributed by atoms with Crippen LogP contribution >= 0.6 is 27.7 Å². The molecule has 2 aromatic carbocycles. The van der Waals surface area contributed by atoms with Gasteiger partial charge in [0.25, 0.3) is 0 Å². The predicted octanol–water partition coefficient (Wildman–Crippen LogP) is 5.45. The SMILES string of the molecule is CCNC(CSc1cccc(Br)c1)c1ccc(CC)cc1. The van der Waals surface area contributed by atoms with E-state index in [1.54, 1.807) is 0 Å². The molecule has 0 spiro atoms. The molecule has 1 unspecified atom stereocenters. The molecule has 0 aliphatic carbocycles.